The van der Waals surface area contributed by atoms with Crippen LogP contribution in [0.4, 0.5) is 4.79 Å². The zero-order valence-corrected chi connectivity index (χ0v) is 14.3. The number of hydrogen-bond acceptors (Lipinski definition) is 7. The lowest BCUT2D eigenvalue weighted by Crippen LogP contribution is -2.12. The van der Waals surface area contributed by atoms with Crippen molar-refractivity contribution in [2.45, 2.75) is 13.5 Å². The number of hydrogen-bond donors (Lipinski definition) is 0. The molecular weight excluding hydrogens is 352 g/mol. The maximum atomic E-state index is 12.9. The fourth-order valence-corrected chi connectivity index (χ4v) is 2.97. The van der Waals surface area contributed by atoms with Crippen molar-refractivity contribution in [3.63, 3.8) is 0 Å². The van der Waals surface area contributed by atoms with Gasteiger partial charge in [0, 0.05) is 11.1 Å². The SMILES string of the molecule is CCOC(=O)Oc1cc(=O)c2c3c(ccc2o1)C(=O)c1ccccc1CO3. The third kappa shape index (κ3) is 2.93. The van der Waals surface area contributed by atoms with Crippen molar-refractivity contribution >= 4 is 22.9 Å². The standard InChI is InChI=1S/C20H14O7/c1-2-24-20(23)27-16-9-14(21)17-15(26-16)8-7-13-18(22)12-6-4-3-5-11(12)10-25-19(13)17/h3-9H,2,10H2,1H3. The molecule has 2 aromatic carbocycles. The highest BCUT2D eigenvalue weighted by molar-refractivity contribution is 6.14. The van der Waals surface area contributed by atoms with Crippen molar-refractivity contribution < 1.29 is 28.2 Å². The molecule has 0 saturated carbocycles. The topological polar surface area (TPSA) is 92.0 Å². The summed E-state index contributed by atoms with van der Waals surface area (Å²) in [7, 11) is 0. The third-order valence-corrected chi connectivity index (χ3v) is 4.15. The van der Waals surface area contributed by atoms with E-state index in [4.69, 9.17) is 13.9 Å². The van der Waals surface area contributed by atoms with E-state index in [-0.39, 0.29) is 47.2 Å². The summed E-state index contributed by atoms with van der Waals surface area (Å²) in [5, 5.41) is 0.116. The molecule has 27 heavy (non-hydrogen) atoms. The van der Waals surface area contributed by atoms with E-state index in [2.05, 4.69) is 4.74 Å². The molecular formula is C20H14O7. The Kier molecular flexibility index (Phi) is 4.12. The van der Waals surface area contributed by atoms with Gasteiger partial charge in [-0.05, 0) is 19.1 Å². The number of rotatable bonds is 2. The van der Waals surface area contributed by atoms with E-state index in [9.17, 15) is 14.4 Å². The van der Waals surface area contributed by atoms with Crippen LogP contribution in [-0.4, -0.2) is 18.5 Å². The second kappa shape index (κ2) is 6.60. The van der Waals surface area contributed by atoms with Crippen molar-refractivity contribution in [2.75, 3.05) is 6.61 Å². The fraction of sp³-hybridized carbons (Fsp3) is 0.150. The van der Waals surface area contributed by atoms with Crippen LogP contribution in [0.15, 0.2) is 51.7 Å². The second-order valence-corrected chi connectivity index (χ2v) is 5.81. The maximum Gasteiger partial charge on any atom is 0.516 e. The maximum absolute atomic E-state index is 12.9. The summed E-state index contributed by atoms with van der Waals surface area (Å²) in [6, 6.07) is 11.1. The van der Waals surface area contributed by atoms with Gasteiger partial charge in [-0.15, -0.1) is 0 Å². The largest absolute Gasteiger partial charge is 0.516 e. The van der Waals surface area contributed by atoms with Gasteiger partial charge in [0.15, 0.2) is 11.2 Å². The minimum Gasteiger partial charge on any atom is -0.487 e. The van der Waals surface area contributed by atoms with Crippen LogP contribution >= 0.6 is 0 Å². The molecule has 136 valence electrons. The van der Waals surface area contributed by atoms with Gasteiger partial charge in [0.25, 0.3) is 5.95 Å². The van der Waals surface area contributed by atoms with Gasteiger partial charge in [0.05, 0.1) is 18.2 Å². The molecule has 0 saturated heterocycles. The van der Waals surface area contributed by atoms with Crippen LogP contribution in [0.5, 0.6) is 11.7 Å². The van der Waals surface area contributed by atoms with Crippen LogP contribution in [-0.2, 0) is 11.3 Å². The quantitative estimate of drug-likeness (QED) is 0.641. The van der Waals surface area contributed by atoms with Gasteiger partial charge in [-0.3, -0.25) is 9.59 Å². The molecule has 2 heterocycles. The van der Waals surface area contributed by atoms with Crippen LogP contribution in [0.1, 0.15) is 28.4 Å². The Bertz CT molecular complexity index is 1130. The lowest BCUT2D eigenvalue weighted by molar-refractivity contribution is 0.0950. The van der Waals surface area contributed by atoms with Gasteiger partial charge in [0.1, 0.15) is 23.3 Å². The zero-order chi connectivity index (χ0) is 19.0. The molecule has 0 amide bonds. The van der Waals surface area contributed by atoms with Crippen LogP contribution in [0.3, 0.4) is 0 Å². The van der Waals surface area contributed by atoms with Crippen molar-refractivity contribution in [3.05, 3.63) is 69.4 Å². The number of benzene rings is 2. The minimum absolute atomic E-state index is 0.116. The van der Waals surface area contributed by atoms with Gasteiger partial charge in [-0.2, -0.15) is 0 Å². The Hall–Kier alpha value is -3.61. The first-order chi connectivity index (χ1) is 13.1. The summed E-state index contributed by atoms with van der Waals surface area (Å²) < 4.78 is 20.8. The number of fused-ring (bicyclic) bond motifs is 4. The fourth-order valence-electron chi connectivity index (χ4n) is 2.97. The predicted molar refractivity (Wildman–Crippen MR) is 94.3 cm³/mol. The third-order valence-electron chi connectivity index (χ3n) is 4.15. The second-order valence-electron chi connectivity index (χ2n) is 5.81. The van der Waals surface area contributed by atoms with E-state index in [1.165, 1.54) is 12.1 Å². The summed E-state index contributed by atoms with van der Waals surface area (Å²) in [5.74, 6) is -0.370. The highest BCUT2D eigenvalue weighted by Crippen LogP contribution is 2.34. The zero-order valence-electron chi connectivity index (χ0n) is 14.3. The molecule has 7 nitrogen and oxygen atoms in total. The van der Waals surface area contributed by atoms with E-state index in [1.807, 2.05) is 6.07 Å². The molecule has 0 aliphatic carbocycles. The number of ketones is 1. The van der Waals surface area contributed by atoms with E-state index in [1.54, 1.807) is 25.1 Å². The highest BCUT2D eigenvalue weighted by Gasteiger charge is 2.26. The van der Waals surface area contributed by atoms with Crippen molar-refractivity contribution in [1.82, 2.24) is 0 Å². The first kappa shape index (κ1) is 16.8. The molecule has 0 fully saturated rings. The Morgan fingerprint density at radius 2 is 1.93 bits per heavy atom. The van der Waals surface area contributed by atoms with Crippen LogP contribution in [0, 0.1) is 0 Å². The number of carbonyl (C=O) groups excluding carboxylic acids is 2. The summed E-state index contributed by atoms with van der Waals surface area (Å²) in [5.41, 5.74) is 1.19. The minimum atomic E-state index is -0.975. The summed E-state index contributed by atoms with van der Waals surface area (Å²) in [6.45, 7) is 1.90. The van der Waals surface area contributed by atoms with Gasteiger partial charge < -0.3 is 18.6 Å². The van der Waals surface area contributed by atoms with Gasteiger partial charge in [-0.25, -0.2) is 4.79 Å². The molecule has 0 atom stereocenters. The number of ether oxygens (including phenoxy) is 3. The average Bonchev–Trinajstić information content (AvgIpc) is 2.79. The predicted octanol–water partition coefficient (Wildman–Crippen LogP) is 3.45. The van der Waals surface area contributed by atoms with Crippen molar-refractivity contribution in [1.29, 1.82) is 0 Å². The lowest BCUT2D eigenvalue weighted by atomic mass is 9.98. The summed E-state index contributed by atoms with van der Waals surface area (Å²) in [6.07, 6.45) is -0.975. The van der Waals surface area contributed by atoms with Crippen molar-refractivity contribution in [3.8, 4) is 11.7 Å². The highest BCUT2D eigenvalue weighted by atomic mass is 16.8. The first-order valence-electron chi connectivity index (χ1n) is 8.29. The van der Waals surface area contributed by atoms with E-state index in [0.717, 1.165) is 11.6 Å². The molecule has 7 heteroatoms. The molecule has 0 bridgehead atoms. The molecule has 3 aromatic rings. The molecule has 0 radical (unpaired) electrons. The lowest BCUT2D eigenvalue weighted by Gasteiger charge is -2.10. The van der Waals surface area contributed by atoms with E-state index in [0.29, 0.717) is 5.56 Å². The van der Waals surface area contributed by atoms with Crippen LogP contribution in [0.2, 0.25) is 0 Å². The Morgan fingerprint density at radius 3 is 2.74 bits per heavy atom. The number of carbonyl (C=O) groups is 2. The van der Waals surface area contributed by atoms with Crippen molar-refractivity contribution in [2.24, 2.45) is 0 Å². The van der Waals surface area contributed by atoms with Gasteiger partial charge in [0.2, 0.25) is 0 Å². The van der Waals surface area contributed by atoms with Crippen LogP contribution in [0.25, 0.3) is 11.0 Å². The molecule has 0 unspecified atom stereocenters. The van der Waals surface area contributed by atoms with E-state index < -0.39 is 11.6 Å². The Balaban J connectivity index is 1.83. The van der Waals surface area contributed by atoms with E-state index >= 15 is 0 Å². The van der Waals surface area contributed by atoms with Gasteiger partial charge >= 0.3 is 6.16 Å². The Labute approximate surface area is 153 Å². The Morgan fingerprint density at radius 1 is 1.11 bits per heavy atom. The average molecular weight is 366 g/mol. The molecule has 0 N–H and O–H groups in total. The molecule has 1 aromatic heterocycles. The summed E-state index contributed by atoms with van der Waals surface area (Å²) >= 11 is 0. The molecule has 0 spiro atoms. The summed E-state index contributed by atoms with van der Waals surface area (Å²) in [4.78, 5) is 36.9. The van der Waals surface area contributed by atoms with Crippen LogP contribution < -0.4 is 14.9 Å². The monoisotopic (exact) mass is 366 g/mol. The normalized spacial score (nSPS) is 12.6. The molecule has 4 rings (SSSR count). The smallest absolute Gasteiger partial charge is 0.487 e. The van der Waals surface area contributed by atoms with Gasteiger partial charge in [-0.1, -0.05) is 24.3 Å². The molecule has 1 aliphatic heterocycles. The molecule has 1 aliphatic rings. The first-order valence-corrected chi connectivity index (χ1v) is 8.29.